The molecule has 2 N–H and O–H groups in total. The number of sulfone groups is 1. The average Bonchev–Trinajstić information content (AvgIpc) is 2.58. The fraction of sp³-hybridized carbons (Fsp3) is 0.250. The van der Waals surface area contributed by atoms with Crippen LogP contribution in [0, 0.1) is 0 Å². The predicted molar refractivity (Wildman–Crippen MR) is 102 cm³/mol. The zero-order valence-electron chi connectivity index (χ0n) is 13.0. The van der Waals surface area contributed by atoms with Crippen LogP contribution in [0.1, 0.15) is 6.42 Å². The van der Waals surface area contributed by atoms with Gasteiger partial charge < -0.3 is 10.5 Å². The molecular formula is C16H22NO3PS2. The summed E-state index contributed by atoms with van der Waals surface area (Å²) in [5.41, 5.74) is 4.50. The van der Waals surface area contributed by atoms with Gasteiger partial charge in [0.1, 0.15) is 11.5 Å². The Kier molecular flexibility index (Phi) is 9.26. The van der Waals surface area contributed by atoms with E-state index in [0.717, 1.165) is 11.5 Å². The van der Waals surface area contributed by atoms with Crippen molar-refractivity contribution in [1.82, 2.24) is 0 Å². The van der Waals surface area contributed by atoms with E-state index in [0.29, 0.717) is 17.1 Å². The number of rotatable bonds is 7. The molecule has 2 rings (SSSR count). The van der Waals surface area contributed by atoms with Gasteiger partial charge in [-0.3, -0.25) is 0 Å². The molecule has 0 aliphatic rings. The Morgan fingerprint density at radius 1 is 1.00 bits per heavy atom. The second kappa shape index (κ2) is 10.7. The zero-order chi connectivity index (χ0) is 17.1. The smallest absolute Gasteiger partial charge is 0.178 e. The Labute approximate surface area is 144 Å². The van der Waals surface area contributed by atoms with E-state index in [1.54, 1.807) is 35.6 Å². The van der Waals surface area contributed by atoms with Crippen molar-refractivity contribution in [2.75, 3.05) is 18.6 Å². The van der Waals surface area contributed by atoms with Crippen LogP contribution in [0.25, 0.3) is 0 Å². The molecule has 0 amide bonds. The maximum absolute atomic E-state index is 12.1. The van der Waals surface area contributed by atoms with E-state index >= 15 is 0 Å². The molecule has 2 aromatic rings. The molecule has 1 atom stereocenters. The van der Waals surface area contributed by atoms with Crippen LogP contribution in [0.5, 0.6) is 11.5 Å². The Balaban J connectivity index is 0.00000127. The highest BCUT2D eigenvalue weighted by Crippen LogP contribution is 2.23. The van der Waals surface area contributed by atoms with E-state index in [2.05, 4.69) is 14.2 Å². The summed E-state index contributed by atoms with van der Waals surface area (Å²) in [5, 5.41) is 0. The SMILES string of the molecule is CN.O=S(=O)(CCCSP)c1ccc(Oc2ccccc2)cc1. The highest BCUT2D eigenvalue weighted by molar-refractivity contribution is 8.43. The molecule has 126 valence electrons. The molecule has 2 aromatic carbocycles. The summed E-state index contributed by atoms with van der Waals surface area (Å²) in [7, 11) is 0.828. The normalized spacial score (nSPS) is 10.6. The Morgan fingerprint density at radius 2 is 1.57 bits per heavy atom. The number of hydrogen-bond donors (Lipinski definition) is 1. The van der Waals surface area contributed by atoms with Gasteiger partial charge in [0.05, 0.1) is 10.6 Å². The van der Waals surface area contributed by atoms with E-state index < -0.39 is 9.84 Å². The van der Waals surface area contributed by atoms with Crippen molar-refractivity contribution >= 4 is 29.7 Å². The molecule has 7 heteroatoms. The molecule has 0 saturated carbocycles. The van der Waals surface area contributed by atoms with Crippen LogP contribution in [-0.2, 0) is 9.84 Å². The predicted octanol–water partition coefficient (Wildman–Crippen LogP) is 3.74. The van der Waals surface area contributed by atoms with Crippen LogP contribution in [0.15, 0.2) is 59.5 Å². The van der Waals surface area contributed by atoms with E-state index in [4.69, 9.17) is 4.74 Å². The summed E-state index contributed by atoms with van der Waals surface area (Å²) in [6, 6.07) is 16.0. The van der Waals surface area contributed by atoms with Crippen LogP contribution in [-0.4, -0.2) is 27.0 Å². The summed E-state index contributed by atoms with van der Waals surface area (Å²) in [6.45, 7) is 0. The van der Waals surface area contributed by atoms with Gasteiger partial charge in [-0.2, -0.15) is 0 Å². The number of hydrogen-bond acceptors (Lipinski definition) is 5. The lowest BCUT2D eigenvalue weighted by molar-refractivity contribution is 0.482. The van der Waals surface area contributed by atoms with Crippen LogP contribution in [0.4, 0.5) is 0 Å². The monoisotopic (exact) mass is 371 g/mol. The molecule has 0 radical (unpaired) electrons. The topological polar surface area (TPSA) is 69.4 Å². The largest absolute Gasteiger partial charge is 0.457 e. The highest BCUT2D eigenvalue weighted by atomic mass is 32.7. The molecule has 0 bridgehead atoms. The van der Waals surface area contributed by atoms with Gasteiger partial charge in [-0.05, 0) is 55.6 Å². The lowest BCUT2D eigenvalue weighted by atomic mass is 10.3. The van der Waals surface area contributed by atoms with Gasteiger partial charge in [0, 0.05) is 0 Å². The molecule has 0 aromatic heterocycles. The summed E-state index contributed by atoms with van der Waals surface area (Å²) < 4.78 is 29.9. The molecule has 1 unspecified atom stereocenters. The minimum Gasteiger partial charge on any atom is -0.457 e. The molecule has 4 nitrogen and oxygen atoms in total. The molecule has 0 saturated heterocycles. The van der Waals surface area contributed by atoms with Crippen molar-refractivity contribution in [2.24, 2.45) is 5.73 Å². The highest BCUT2D eigenvalue weighted by Gasteiger charge is 2.13. The first-order valence-corrected chi connectivity index (χ1v) is 11.2. The maximum Gasteiger partial charge on any atom is 0.178 e. The standard InChI is InChI=1S/C15H17O3PS2.CH5N/c16-21(17,12-4-11-20-19)15-9-7-14(8-10-15)18-13-5-2-1-3-6-13;1-2/h1-3,5-10H,4,11-12,19H2;2H2,1H3. The van der Waals surface area contributed by atoms with Gasteiger partial charge in [-0.15, -0.1) is 11.4 Å². The van der Waals surface area contributed by atoms with Gasteiger partial charge in [0.25, 0.3) is 0 Å². The molecular weight excluding hydrogens is 349 g/mol. The van der Waals surface area contributed by atoms with Gasteiger partial charge in [0.2, 0.25) is 0 Å². The van der Waals surface area contributed by atoms with Crippen molar-refractivity contribution in [3.63, 3.8) is 0 Å². The Bertz CT molecular complexity index is 661. The van der Waals surface area contributed by atoms with Gasteiger partial charge in [0.15, 0.2) is 9.84 Å². The first kappa shape index (κ1) is 20.0. The molecule has 23 heavy (non-hydrogen) atoms. The average molecular weight is 371 g/mol. The summed E-state index contributed by atoms with van der Waals surface area (Å²) in [4.78, 5) is 0.344. The van der Waals surface area contributed by atoms with Crippen molar-refractivity contribution in [3.8, 4) is 11.5 Å². The molecule has 0 fully saturated rings. The van der Waals surface area contributed by atoms with Gasteiger partial charge in [-0.1, -0.05) is 26.6 Å². The number of ether oxygens (including phenoxy) is 1. The molecule has 0 aliphatic heterocycles. The first-order valence-electron chi connectivity index (χ1n) is 7.07. The lowest BCUT2D eigenvalue weighted by Crippen LogP contribution is -2.07. The third kappa shape index (κ3) is 6.92. The first-order chi connectivity index (χ1) is 11.1. The summed E-state index contributed by atoms with van der Waals surface area (Å²) >= 11 is 1.57. The van der Waals surface area contributed by atoms with Crippen molar-refractivity contribution in [1.29, 1.82) is 0 Å². The number of para-hydroxylation sites is 1. The Hall–Kier alpha value is -1.07. The van der Waals surface area contributed by atoms with E-state index in [1.165, 1.54) is 7.05 Å². The maximum atomic E-state index is 12.1. The third-order valence-corrected chi connectivity index (χ3v) is 5.89. The van der Waals surface area contributed by atoms with E-state index in [1.807, 2.05) is 30.3 Å². The molecule has 0 spiro atoms. The van der Waals surface area contributed by atoms with Crippen molar-refractivity contribution in [2.45, 2.75) is 11.3 Å². The quantitative estimate of drug-likeness (QED) is 0.593. The van der Waals surface area contributed by atoms with Crippen LogP contribution >= 0.6 is 19.8 Å². The molecule has 0 heterocycles. The third-order valence-electron chi connectivity index (χ3n) is 2.84. The minimum atomic E-state index is -3.20. The second-order valence-corrected chi connectivity index (χ2v) is 8.28. The van der Waals surface area contributed by atoms with Gasteiger partial charge >= 0.3 is 0 Å². The summed E-state index contributed by atoms with van der Waals surface area (Å²) in [5.74, 6) is 2.35. The lowest BCUT2D eigenvalue weighted by Gasteiger charge is -2.07. The fourth-order valence-electron chi connectivity index (χ4n) is 1.79. The van der Waals surface area contributed by atoms with Crippen LogP contribution in [0.3, 0.4) is 0 Å². The zero-order valence-corrected chi connectivity index (χ0v) is 15.8. The van der Waals surface area contributed by atoms with Crippen molar-refractivity contribution in [3.05, 3.63) is 54.6 Å². The van der Waals surface area contributed by atoms with E-state index in [-0.39, 0.29) is 5.75 Å². The van der Waals surface area contributed by atoms with Crippen molar-refractivity contribution < 1.29 is 13.2 Å². The van der Waals surface area contributed by atoms with Gasteiger partial charge in [-0.25, -0.2) is 8.42 Å². The fourth-order valence-corrected chi connectivity index (χ4v) is 4.09. The second-order valence-electron chi connectivity index (χ2n) is 4.43. The van der Waals surface area contributed by atoms with Crippen LogP contribution < -0.4 is 10.5 Å². The summed E-state index contributed by atoms with van der Waals surface area (Å²) in [6.07, 6.45) is 0.652. The minimum absolute atomic E-state index is 0.174. The number of benzene rings is 2. The number of nitrogens with two attached hydrogens (primary N) is 1. The Morgan fingerprint density at radius 3 is 2.13 bits per heavy atom. The van der Waals surface area contributed by atoms with Crippen LogP contribution in [0.2, 0.25) is 0 Å². The van der Waals surface area contributed by atoms with E-state index in [9.17, 15) is 8.42 Å². The molecule has 0 aliphatic carbocycles.